The molecule has 3 aromatic carbocycles. The third kappa shape index (κ3) is 3.99. The Morgan fingerprint density at radius 3 is 2.42 bits per heavy atom. The van der Waals surface area contributed by atoms with Crippen LogP contribution in [0.25, 0.3) is 10.8 Å². The van der Waals surface area contributed by atoms with Crippen LogP contribution in [0.15, 0.2) is 66.7 Å². The topological polar surface area (TPSA) is 61.9 Å². The van der Waals surface area contributed by atoms with Crippen LogP contribution in [0.1, 0.15) is 25.0 Å². The zero-order valence-corrected chi connectivity index (χ0v) is 18.1. The molecule has 4 rings (SSSR count). The highest BCUT2D eigenvalue weighted by atomic mass is 16.5. The SMILES string of the molecule is CCN(Cc1ccccc1)CN1C(=O)N[C@@](C)(c2ccc3cc(OC)ccc3c2)C1=O. The molecule has 0 aliphatic carbocycles. The lowest BCUT2D eigenvalue weighted by atomic mass is 9.90. The second-order valence-corrected chi connectivity index (χ2v) is 7.99. The number of carbonyl (C=O) groups excluding carboxylic acids is 2. The summed E-state index contributed by atoms with van der Waals surface area (Å²) in [5, 5.41) is 4.91. The number of ether oxygens (including phenoxy) is 1. The van der Waals surface area contributed by atoms with Crippen LogP contribution in [0, 0.1) is 0 Å². The summed E-state index contributed by atoms with van der Waals surface area (Å²) in [5.41, 5.74) is 0.804. The number of benzene rings is 3. The van der Waals surface area contributed by atoms with Gasteiger partial charge in [0.2, 0.25) is 0 Å². The van der Waals surface area contributed by atoms with Gasteiger partial charge >= 0.3 is 6.03 Å². The molecule has 31 heavy (non-hydrogen) atoms. The lowest BCUT2D eigenvalue weighted by Gasteiger charge is -2.26. The van der Waals surface area contributed by atoms with Crippen molar-refractivity contribution in [2.45, 2.75) is 25.9 Å². The average molecular weight is 418 g/mol. The first-order valence-corrected chi connectivity index (χ1v) is 10.4. The van der Waals surface area contributed by atoms with E-state index in [-0.39, 0.29) is 18.6 Å². The second-order valence-electron chi connectivity index (χ2n) is 7.99. The van der Waals surface area contributed by atoms with Crippen molar-refractivity contribution in [2.75, 3.05) is 20.3 Å². The summed E-state index contributed by atoms with van der Waals surface area (Å²) in [7, 11) is 1.63. The van der Waals surface area contributed by atoms with E-state index in [1.807, 2.05) is 73.7 Å². The van der Waals surface area contributed by atoms with Gasteiger partial charge in [-0.2, -0.15) is 0 Å². The Balaban J connectivity index is 1.57. The van der Waals surface area contributed by atoms with Crippen LogP contribution in [0.2, 0.25) is 0 Å². The Kier molecular flexibility index (Phi) is 5.65. The number of amides is 3. The molecule has 1 atom stereocenters. The highest BCUT2D eigenvalue weighted by Crippen LogP contribution is 2.32. The minimum atomic E-state index is -1.10. The fourth-order valence-electron chi connectivity index (χ4n) is 3.99. The van der Waals surface area contributed by atoms with E-state index in [1.165, 1.54) is 4.90 Å². The Hall–Kier alpha value is -3.38. The van der Waals surface area contributed by atoms with Gasteiger partial charge in [-0.3, -0.25) is 9.69 Å². The molecule has 6 nitrogen and oxygen atoms in total. The first-order valence-electron chi connectivity index (χ1n) is 10.4. The highest BCUT2D eigenvalue weighted by molar-refractivity contribution is 6.07. The molecule has 3 aromatic rings. The van der Waals surface area contributed by atoms with Gasteiger partial charge in [-0.1, -0.05) is 55.5 Å². The third-order valence-corrected chi connectivity index (χ3v) is 5.94. The number of urea groups is 1. The largest absolute Gasteiger partial charge is 0.497 e. The van der Waals surface area contributed by atoms with E-state index in [0.717, 1.165) is 34.2 Å². The zero-order chi connectivity index (χ0) is 22.0. The smallest absolute Gasteiger partial charge is 0.326 e. The number of rotatable bonds is 7. The van der Waals surface area contributed by atoms with Crippen molar-refractivity contribution in [2.24, 2.45) is 0 Å². The van der Waals surface area contributed by atoms with Gasteiger partial charge in [0, 0.05) is 6.54 Å². The first-order chi connectivity index (χ1) is 14.9. The van der Waals surface area contributed by atoms with Crippen molar-refractivity contribution in [1.82, 2.24) is 15.1 Å². The lowest BCUT2D eigenvalue weighted by Crippen LogP contribution is -2.43. The van der Waals surface area contributed by atoms with Crippen molar-refractivity contribution in [3.63, 3.8) is 0 Å². The molecule has 0 spiro atoms. The fraction of sp³-hybridized carbons (Fsp3) is 0.280. The summed E-state index contributed by atoms with van der Waals surface area (Å²) in [6, 6.07) is 21.3. The van der Waals surface area contributed by atoms with Crippen LogP contribution in [0.3, 0.4) is 0 Å². The van der Waals surface area contributed by atoms with Gasteiger partial charge in [0.05, 0.1) is 13.8 Å². The summed E-state index contributed by atoms with van der Waals surface area (Å²) in [6.07, 6.45) is 0. The normalized spacial score (nSPS) is 18.6. The molecule has 0 unspecified atom stereocenters. The van der Waals surface area contributed by atoms with Gasteiger partial charge in [-0.05, 0) is 53.6 Å². The molecule has 1 aliphatic rings. The van der Waals surface area contributed by atoms with Gasteiger partial charge in [0.1, 0.15) is 11.3 Å². The molecule has 1 heterocycles. The molecule has 1 saturated heterocycles. The monoisotopic (exact) mass is 417 g/mol. The van der Waals surface area contributed by atoms with E-state index in [9.17, 15) is 9.59 Å². The molecule has 3 amide bonds. The van der Waals surface area contributed by atoms with Gasteiger partial charge in [0.15, 0.2) is 0 Å². The number of fused-ring (bicyclic) bond motifs is 1. The average Bonchev–Trinajstić information content (AvgIpc) is 3.02. The molecule has 1 N–H and O–H groups in total. The van der Waals surface area contributed by atoms with E-state index in [1.54, 1.807) is 14.0 Å². The molecule has 0 radical (unpaired) electrons. The molecular weight excluding hydrogens is 390 g/mol. The van der Waals surface area contributed by atoms with E-state index in [0.29, 0.717) is 6.54 Å². The quantitative estimate of drug-likeness (QED) is 0.588. The highest BCUT2D eigenvalue weighted by Gasteiger charge is 2.49. The number of carbonyl (C=O) groups is 2. The van der Waals surface area contributed by atoms with Gasteiger partial charge in [-0.25, -0.2) is 9.69 Å². The van der Waals surface area contributed by atoms with Crippen LogP contribution in [-0.4, -0.2) is 42.1 Å². The Morgan fingerprint density at radius 2 is 1.71 bits per heavy atom. The Labute approximate surface area is 182 Å². The van der Waals surface area contributed by atoms with Crippen LogP contribution in [-0.2, 0) is 16.9 Å². The van der Waals surface area contributed by atoms with Crippen LogP contribution in [0.4, 0.5) is 4.79 Å². The lowest BCUT2D eigenvalue weighted by molar-refractivity contribution is -0.132. The van der Waals surface area contributed by atoms with Crippen molar-refractivity contribution in [3.05, 3.63) is 77.9 Å². The zero-order valence-electron chi connectivity index (χ0n) is 18.1. The minimum absolute atomic E-state index is 0.239. The summed E-state index contributed by atoms with van der Waals surface area (Å²) in [5.74, 6) is 0.540. The van der Waals surface area contributed by atoms with Crippen molar-refractivity contribution < 1.29 is 14.3 Å². The van der Waals surface area contributed by atoms with Gasteiger partial charge in [0.25, 0.3) is 5.91 Å². The molecule has 0 bridgehead atoms. The number of nitrogens with one attached hydrogen (secondary N) is 1. The van der Waals surface area contributed by atoms with Crippen LogP contribution in [0.5, 0.6) is 5.75 Å². The first kappa shape index (κ1) is 20.9. The van der Waals surface area contributed by atoms with Gasteiger partial charge < -0.3 is 10.1 Å². The maximum Gasteiger partial charge on any atom is 0.326 e. The molecule has 0 saturated carbocycles. The maximum atomic E-state index is 13.4. The molecule has 1 fully saturated rings. The van der Waals surface area contributed by atoms with E-state index in [2.05, 4.69) is 10.2 Å². The molecule has 6 heteroatoms. The third-order valence-electron chi connectivity index (χ3n) is 5.94. The number of hydrogen-bond acceptors (Lipinski definition) is 4. The van der Waals surface area contributed by atoms with Crippen LogP contribution < -0.4 is 10.1 Å². The van der Waals surface area contributed by atoms with Crippen molar-refractivity contribution in [1.29, 1.82) is 0 Å². The molecular formula is C25H27N3O3. The molecule has 1 aliphatic heterocycles. The van der Waals surface area contributed by atoms with Gasteiger partial charge in [-0.15, -0.1) is 0 Å². The Morgan fingerprint density at radius 1 is 1.00 bits per heavy atom. The van der Waals surface area contributed by atoms with E-state index in [4.69, 9.17) is 4.74 Å². The standard InChI is InChI=1S/C25H27N3O3/c1-4-27(16-18-8-6-5-7-9-18)17-28-23(29)25(2,26-24(28)30)21-12-10-20-15-22(31-3)13-11-19(20)14-21/h5-15H,4,16-17H2,1-3H3,(H,26,30)/t25-/m0/s1. The predicted octanol–water partition coefficient (Wildman–Crippen LogP) is 4.10. The summed E-state index contributed by atoms with van der Waals surface area (Å²) in [6.45, 7) is 5.43. The number of imide groups is 1. The predicted molar refractivity (Wildman–Crippen MR) is 121 cm³/mol. The van der Waals surface area contributed by atoms with Crippen LogP contribution >= 0.6 is 0 Å². The number of methoxy groups -OCH3 is 1. The van der Waals surface area contributed by atoms with Crippen molar-refractivity contribution in [3.8, 4) is 5.75 Å². The number of nitrogens with zero attached hydrogens (tertiary/aromatic N) is 2. The van der Waals surface area contributed by atoms with E-state index < -0.39 is 5.54 Å². The minimum Gasteiger partial charge on any atom is -0.497 e. The van der Waals surface area contributed by atoms with Crippen molar-refractivity contribution >= 4 is 22.7 Å². The summed E-state index contributed by atoms with van der Waals surface area (Å²) >= 11 is 0. The summed E-state index contributed by atoms with van der Waals surface area (Å²) < 4.78 is 5.29. The second kappa shape index (κ2) is 8.40. The van der Waals surface area contributed by atoms with E-state index >= 15 is 0 Å². The summed E-state index contributed by atoms with van der Waals surface area (Å²) in [4.78, 5) is 29.5. The Bertz CT molecular complexity index is 1120. The molecule has 160 valence electrons. The fourth-order valence-corrected chi connectivity index (χ4v) is 3.99. The molecule has 0 aromatic heterocycles. The maximum absolute atomic E-state index is 13.4. The number of hydrogen-bond donors (Lipinski definition) is 1.